The summed E-state index contributed by atoms with van der Waals surface area (Å²) in [6.07, 6.45) is 0. The van der Waals surface area contributed by atoms with Crippen LogP contribution in [0.3, 0.4) is 0 Å². The number of sulfonamides is 1. The van der Waals surface area contributed by atoms with Gasteiger partial charge in [0.25, 0.3) is 21.3 Å². The molecule has 26 heavy (non-hydrogen) atoms. The molecule has 3 aromatic rings. The average molecular weight is 373 g/mol. The van der Waals surface area contributed by atoms with Crippen molar-refractivity contribution in [2.75, 3.05) is 4.72 Å². The molecule has 0 fully saturated rings. The summed E-state index contributed by atoms with van der Waals surface area (Å²) in [7, 11) is -2.24. The van der Waals surface area contributed by atoms with Crippen LogP contribution in [-0.2, 0) is 17.1 Å². The molecule has 0 aliphatic heterocycles. The molecule has 0 radical (unpaired) electrons. The van der Waals surface area contributed by atoms with Crippen LogP contribution >= 0.6 is 0 Å². The summed E-state index contributed by atoms with van der Waals surface area (Å²) in [5.74, 6) is 0. The molecule has 0 saturated heterocycles. The Morgan fingerprint density at radius 3 is 2.35 bits per heavy atom. The number of fused-ring (bicyclic) bond motifs is 1. The summed E-state index contributed by atoms with van der Waals surface area (Å²) in [5, 5.41) is 11.4. The van der Waals surface area contributed by atoms with E-state index in [1.807, 2.05) is 0 Å². The minimum atomic E-state index is -3.89. The van der Waals surface area contributed by atoms with Crippen molar-refractivity contribution in [2.45, 2.75) is 11.8 Å². The number of nitro groups is 1. The fraction of sp³-hybridized carbons (Fsp3) is 0.118. The smallest absolute Gasteiger partial charge is 0.269 e. The van der Waals surface area contributed by atoms with Gasteiger partial charge >= 0.3 is 0 Å². The van der Waals surface area contributed by atoms with Gasteiger partial charge in [-0.15, -0.1) is 0 Å². The van der Waals surface area contributed by atoms with Gasteiger partial charge in [0.15, 0.2) is 0 Å². The van der Waals surface area contributed by atoms with E-state index in [2.05, 4.69) is 4.72 Å². The molecular weight excluding hydrogens is 358 g/mol. The molecule has 0 spiro atoms. The zero-order chi connectivity index (χ0) is 19.1. The maximum Gasteiger partial charge on any atom is 0.269 e. The fourth-order valence-corrected chi connectivity index (χ4v) is 3.72. The van der Waals surface area contributed by atoms with Crippen LogP contribution in [-0.4, -0.2) is 17.9 Å². The molecule has 1 N–H and O–H groups in total. The van der Waals surface area contributed by atoms with Crippen LogP contribution in [0.4, 0.5) is 11.4 Å². The van der Waals surface area contributed by atoms with Gasteiger partial charge in [-0.25, -0.2) is 8.42 Å². The molecule has 2 aromatic carbocycles. The Morgan fingerprint density at radius 1 is 1.08 bits per heavy atom. The molecule has 1 heterocycles. The first-order chi connectivity index (χ1) is 12.2. The highest BCUT2D eigenvalue weighted by atomic mass is 32.2. The van der Waals surface area contributed by atoms with Gasteiger partial charge in [0, 0.05) is 35.8 Å². The van der Waals surface area contributed by atoms with E-state index in [0.717, 1.165) is 12.1 Å². The Labute approximate surface area is 148 Å². The summed E-state index contributed by atoms with van der Waals surface area (Å²) in [4.78, 5) is 22.0. The average Bonchev–Trinajstić information content (AvgIpc) is 2.59. The normalized spacial score (nSPS) is 11.5. The number of anilines is 1. The number of pyridine rings is 1. The number of hydrogen-bond donors (Lipinski definition) is 1. The van der Waals surface area contributed by atoms with Crippen molar-refractivity contribution in [3.63, 3.8) is 0 Å². The number of non-ortho nitro benzene ring substituents is 1. The minimum Gasteiger partial charge on any atom is -0.311 e. The molecule has 9 heteroatoms. The second kappa shape index (κ2) is 6.26. The third kappa shape index (κ3) is 3.16. The Kier molecular flexibility index (Phi) is 4.25. The summed E-state index contributed by atoms with van der Waals surface area (Å²) in [6.45, 7) is 1.69. The van der Waals surface area contributed by atoms with Crippen molar-refractivity contribution >= 4 is 32.3 Å². The highest BCUT2D eigenvalue weighted by Crippen LogP contribution is 2.22. The zero-order valence-electron chi connectivity index (χ0n) is 14.0. The van der Waals surface area contributed by atoms with Gasteiger partial charge in [0.05, 0.1) is 15.3 Å². The van der Waals surface area contributed by atoms with E-state index >= 15 is 0 Å². The van der Waals surface area contributed by atoms with Gasteiger partial charge in [-0.05, 0) is 43.3 Å². The summed E-state index contributed by atoms with van der Waals surface area (Å²) in [5.41, 5.74) is 1.26. The molecule has 0 saturated carbocycles. The lowest BCUT2D eigenvalue weighted by molar-refractivity contribution is -0.384. The maximum atomic E-state index is 12.5. The molecule has 0 amide bonds. The Balaban J connectivity index is 1.98. The molecule has 0 unspecified atom stereocenters. The Morgan fingerprint density at radius 2 is 1.73 bits per heavy atom. The lowest BCUT2D eigenvalue weighted by Gasteiger charge is -2.11. The fourth-order valence-electron chi connectivity index (χ4n) is 2.67. The number of nitrogens with one attached hydrogen (secondary N) is 1. The lowest BCUT2D eigenvalue weighted by Crippen LogP contribution is -2.19. The van der Waals surface area contributed by atoms with E-state index in [4.69, 9.17) is 0 Å². The highest BCUT2D eigenvalue weighted by molar-refractivity contribution is 7.92. The predicted octanol–water partition coefficient (Wildman–Crippen LogP) is 2.56. The van der Waals surface area contributed by atoms with Gasteiger partial charge in [0.1, 0.15) is 0 Å². The third-order valence-electron chi connectivity index (χ3n) is 4.01. The molecule has 0 aliphatic carbocycles. The second-order valence-corrected chi connectivity index (χ2v) is 7.50. The van der Waals surface area contributed by atoms with Crippen LogP contribution < -0.4 is 10.3 Å². The molecule has 0 aliphatic rings. The van der Waals surface area contributed by atoms with E-state index < -0.39 is 14.9 Å². The van der Waals surface area contributed by atoms with Crippen molar-refractivity contribution in [3.05, 3.63) is 74.6 Å². The van der Waals surface area contributed by atoms with E-state index in [1.165, 1.54) is 16.7 Å². The molecule has 3 rings (SSSR count). The second-order valence-electron chi connectivity index (χ2n) is 5.82. The minimum absolute atomic E-state index is 0.0835. The van der Waals surface area contributed by atoms with Crippen LogP contribution in [0.1, 0.15) is 5.56 Å². The monoisotopic (exact) mass is 373 g/mol. The number of rotatable bonds is 4. The van der Waals surface area contributed by atoms with Gasteiger partial charge < -0.3 is 4.57 Å². The van der Waals surface area contributed by atoms with Crippen molar-refractivity contribution in [3.8, 4) is 0 Å². The predicted molar refractivity (Wildman–Crippen MR) is 97.8 cm³/mol. The first-order valence-corrected chi connectivity index (χ1v) is 9.05. The molecule has 0 atom stereocenters. The SMILES string of the molecule is Cc1cc2cc(NS(=O)(=O)c3ccc([N+](=O)[O-])cc3)ccc2n(C)c1=O. The van der Waals surface area contributed by atoms with Gasteiger partial charge in [-0.1, -0.05) is 0 Å². The Hall–Kier alpha value is -3.20. The number of benzene rings is 2. The van der Waals surface area contributed by atoms with Gasteiger partial charge in [0.2, 0.25) is 0 Å². The van der Waals surface area contributed by atoms with E-state index in [9.17, 15) is 23.3 Å². The highest BCUT2D eigenvalue weighted by Gasteiger charge is 2.16. The Bertz CT molecular complexity index is 1180. The number of aromatic nitrogens is 1. The van der Waals surface area contributed by atoms with Gasteiger partial charge in [-0.3, -0.25) is 19.6 Å². The van der Waals surface area contributed by atoms with Crippen LogP contribution in [0.25, 0.3) is 10.9 Å². The quantitative estimate of drug-likeness (QED) is 0.558. The molecule has 0 bridgehead atoms. The number of nitrogens with zero attached hydrogens (tertiary/aromatic N) is 2. The standard InChI is InChI=1S/C17H15N3O5S/c1-11-9-12-10-13(3-8-16(12)19(2)17(11)21)18-26(24,25)15-6-4-14(5-7-15)20(22)23/h3-10,18H,1-2H3. The largest absolute Gasteiger partial charge is 0.311 e. The summed E-state index contributed by atoms with van der Waals surface area (Å²) < 4.78 is 28.9. The van der Waals surface area contributed by atoms with Crippen LogP contribution in [0, 0.1) is 17.0 Å². The maximum absolute atomic E-state index is 12.5. The topological polar surface area (TPSA) is 111 Å². The lowest BCUT2D eigenvalue weighted by atomic mass is 10.1. The number of nitro benzene ring substituents is 1. The molecule has 1 aromatic heterocycles. The van der Waals surface area contributed by atoms with Crippen molar-refractivity contribution in [1.82, 2.24) is 4.57 Å². The first kappa shape index (κ1) is 17.6. The van der Waals surface area contributed by atoms with E-state index in [-0.39, 0.29) is 16.1 Å². The summed E-state index contributed by atoms with van der Waals surface area (Å²) in [6, 6.07) is 11.2. The van der Waals surface area contributed by atoms with Crippen LogP contribution in [0.2, 0.25) is 0 Å². The first-order valence-electron chi connectivity index (χ1n) is 7.57. The number of aryl methyl sites for hydroxylation is 2. The third-order valence-corrected chi connectivity index (χ3v) is 5.41. The summed E-state index contributed by atoms with van der Waals surface area (Å²) >= 11 is 0. The number of hydrogen-bond acceptors (Lipinski definition) is 5. The van der Waals surface area contributed by atoms with E-state index in [0.29, 0.717) is 22.2 Å². The molecule has 134 valence electrons. The van der Waals surface area contributed by atoms with Crippen LogP contribution in [0.15, 0.2) is 58.2 Å². The van der Waals surface area contributed by atoms with Crippen molar-refractivity contribution < 1.29 is 13.3 Å². The van der Waals surface area contributed by atoms with Crippen LogP contribution in [0.5, 0.6) is 0 Å². The van der Waals surface area contributed by atoms with Crippen molar-refractivity contribution in [1.29, 1.82) is 0 Å². The van der Waals surface area contributed by atoms with Crippen molar-refractivity contribution in [2.24, 2.45) is 7.05 Å². The molecular formula is C17H15N3O5S. The van der Waals surface area contributed by atoms with Gasteiger partial charge in [-0.2, -0.15) is 0 Å². The molecule has 8 nitrogen and oxygen atoms in total. The van der Waals surface area contributed by atoms with E-state index in [1.54, 1.807) is 38.2 Å². The zero-order valence-corrected chi connectivity index (χ0v) is 14.8.